The summed E-state index contributed by atoms with van der Waals surface area (Å²) in [5.41, 5.74) is 5.86. The first kappa shape index (κ1) is 13.1. The van der Waals surface area contributed by atoms with Crippen LogP contribution < -0.4 is 5.73 Å². The Balaban J connectivity index is 1.67. The number of allylic oxidation sites excluding steroid dienone is 2. The van der Waals surface area contributed by atoms with Crippen molar-refractivity contribution in [1.29, 1.82) is 0 Å². The first-order valence-electron chi connectivity index (χ1n) is 7.44. The average Bonchev–Trinajstić information content (AvgIpc) is 3.08. The van der Waals surface area contributed by atoms with E-state index in [9.17, 15) is 4.79 Å². The van der Waals surface area contributed by atoms with Gasteiger partial charge >= 0.3 is 0 Å². The topological polar surface area (TPSA) is 55.6 Å². The molecule has 0 aromatic carbocycles. The summed E-state index contributed by atoms with van der Waals surface area (Å²) >= 11 is 0. The molecule has 5 atom stereocenters. The summed E-state index contributed by atoms with van der Waals surface area (Å²) in [5.74, 6) is 1.67. The van der Waals surface area contributed by atoms with E-state index in [-0.39, 0.29) is 18.1 Å². The summed E-state index contributed by atoms with van der Waals surface area (Å²) in [5, 5.41) is 0. The number of nitrogens with two attached hydrogens (primary N) is 1. The van der Waals surface area contributed by atoms with Crippen LogP contribution in [0, 0.1) is 17.8 Å². The van der Waals surface area contributed by atoms with Crippen LogP contribution in [-0.4, -0.2) is 43.2 Å². The van der Waals surface area contributed by atoms with E-state index in [1.54, 1.807) is 7.11 Å². The smallest absolute Gasteiger partial charge is 0.226 e. The normalized spacial score (nSPS) is 40.9. The maximum absolute atomic E-state index is 12.8. The number of ether oxygens (including phenoxy) is 1. The van der Waals surface area contributed by atoms with Gasteiger partial charge in [0, 0.05) is 32.2 Å². The van der Waals surface area contributed by atoms with Crippen molar-refractivity contribution >= 4 is 5.91 Å². The molecule has 1 saturated carbocycles. The van der Waals surface area contributed by atoms with Gasteiger partial charge in [-0.1, -0.05) is 12.2 Å². The van der Waals surface area contributed by atoms with Crippen molar-refractivity contribution in [1.82, 2.24) is 4.90 Å². The molecular weight excluding hydrogens is 240 g/mol. The number of likely N-dealkylation sites (tertiary alicyclic amines) is 1. The van der Waals surface area contributed by atoms with Gasteiger partial charge in [0.1, 0.15) is 0 Å². The van der Waals surface area contributed by atoms with Crippen LogP contribution in [0.5, 0.6) is 0 Å². The summed E-state index contributed by atoms with van der Waals surface area (Å²) in [6.07, 6.45) is 8.84. The first-order chi connectivity index (χ1) is 9.22. The lowest BCUT2D eigenvalue weighted by Gasteiger charge is -2.40. The van der Waals surface area contributed by atoms with Gasteiger partial charge in [-0.2, -0.15) is 0 Å². The molecule has 1 heterocycles. The van der Waals surface area contributed by atoms with Crippen molar-refractivity contribution in [3.63, 3.8) is 0 Å². The van der Waals surface area contributed by atoms with Gasteiger partial charge in [-0.3, -0.25) is 4.79 Å². The van der Waals surface area contributed by atoms with E-state index >= 15 is 0 Å². The Morgan fingerprint density at radius 2 is 2.21 bits per heavy atom. The summed E-state index contributed by atoms with van der Waals surface area (Å²) in [6.45, 7) is 1.35. The number of hydrogen-bond acceptors (Lipinski definition) is 3. The lowest BCUT2D eigenvalue weighted by atomic mass is 9.89. The third kappa shape index (κ3) is 2.32. The van der Waals surface area contributed by atoms with E-state index in [2.05, 4.69) is 12.2 Å². The molecule has 1 aliphatic heterocycles. The minimum absolute atomic E-state index is 0.161. The molecule has 0 radical (unpaired) electrons. The highest BCUT2D eigenvalue weighted by atomic mass is 16.5. The fourth-order valence-corrected chi connectivity index (χ4v) is 4.02. The predicted molar refractivity (Wildman–Crippen MR) is 73.4 cm³/mol. The predicted octanol–water partition coefficient (Wildman–Crippen LogP) is 1.16. The Kier molecular flexibility index (Phi) is 3.63. The molecular formula is C15H24N2O2. The van der Waals surface area contributed by atoms with Gasteiger partial charge in [0.2, 0.25) is 5.91 Å². The molecule has 5 unspecified atom stereocenters. The molecule has 2 aliphatic carbocycles. The number of nitrogens with zero attached hydrogens (tertiary/aromatic N) is 1. The third-order valence-corrected chi connectivity index (χ3v) is 5.15. The number of fused-ring (bicyclic) bond motifs is 2. The van der Waals surface area contributed by atoms with Gasteiger partial charge in [0.15, 0.2) is 0 Å². The second kappa shape index (κ2) is 5.25. The van der Waals surface area contributed by atoms with Gasteiger partial charge in [-0.15, -0.1) is 0 Å². The molecule has 2 fully saturated rings. The Bertz CT molecular complexity index is 382. The van der Waals surface area contributed by atoms with Crippen LogP contribution in [0.15, 0.2) is 12.2 Å². The highest BCUT2D eigenvalue weighted by molar-refractivity contribution is 5.80. The van der Waals surface area contributed by atoms with Crippen LogP contribution in [0.4, 0.5) is 0 Å². The standard InChI is InChI=1S/C15H24N2O2/c1-19-13-4-5-17(12(8-13)9-16)15(18)14-7-10-2-3-11(14)6-10/h2-3,10-14H,4-9,16H2,1H3. The Labute approximate surface area is 115 Å². The summed E-state index contributed by atoms with van der Waals surface area (Å²) in [7, 11) is 1.75. The van der Waals surface area contributed by atoms with Gasteiger partial charge in [-0.05, 0) is 37.5 Å². The third-order valence-electron chi connectivity index (χ3n) is 5.15. The van der Waals surface area contributed by atoms with Crippen LogP contribution in [0.25, 0.3) is 0 Å². The van der Waals surface area contributed by atoms with Crippen molar-refractivity contribution in [2.45, 2.75) is 37.8 Å². The van der Waals surface area contributed by atoms with Crippen molar-refractivity contribution in [2.24, 2.45) is 23.5 Å². The minimum atomic E-state index is 0.161. The number of amides is 1. The molecule has 2 bridgehead atoms. The van der Waals surface area contributed by atoms with E-state index in [0.717, 1.165) is 25.8 Å². The number of rotatable bonds is 3. The molecule has 0 aromatic heterocycles. The molecule has 0 spiro atoms. The highest BCUT2D eigenvalue weighted by Crippen LogP contribution is 2.44. The Morgan fingerprint density at radius 1 is 1.37 bits per heavy atom. The fourth-order valence-electron chi connectivity index (χ4n) is 4.02. The summed E-state index contributed by atoms with van der Waals surface area (Å²) < 4.78 is 5.42. The van der Waals surface area contributed by atoms with Gasteiger partial charge in [0.05, 0.1) is 6.10 Å². The van der Waals surface area contributed by atoms with Gasteiger partial charge in [-0.25, -0.2) is 0 Å². The van der Waals surface area contributed by atoms with E-state index < -0.39 is 0 Å². The number of carbonyl (C=O) groups is 1. The van der Waals surface area contributed by atoms with E-state index in [1.165, 1.54) is 6.42 Å². The maximum atomic E-state index is 12.8. The monoisotopic (exact) mass is 264 g/mol. The number of piperidine rings is 1. The van der Waals surface area contributed by atoms with Crippen molar-refractivity contribution in [3.8, 4) is 0 Å². The first-order valence-corrected chi connectivity index (χ1v) is 7.44. The molecule has 3 rings (SSSR count). The number of hydrogen-bond donors (Lipinski definition) is 1. The van der Waals surface area contributed by atoms with Gasteiger partial charge < -0.3 is 15.4 Å². The van der Waals surface area contributed by atoms with Crippen molar-refractivity contribution < 1.29 is 9.53 Å². The van der Waals surface area contributed by atoms with E-state index in [1.807, 2.05) is 4.90 Å². The lowest BCUT2D eigenvalue weighted by Crippen LogP contribution is -2.53. The molecule has 19 heavy (non-hydrogen) atoms. The maximum Gasteiger partial charge on any atom is 0.226 e. The molecule has 3 aliphatic rings. The molecule has 4 nitrogen and oxygen atoms in total. The van der Waals surface area contributed by atoms with Crippen LogP contribution >= 0.6 is 0 Å². The second-order valence-electron chi connectivity index (χ2n) is 6.19. The van der Waals surface area contributed by atoms with Gasteiger partial charge in [0.25, 0.3) is 0 Å². The van der Waals surface area contributed by atoms with Crippen LogP contribution in [0.2, 0.25) is 0 Å². The quantitative estimate of drug-likeness (QED) is 0.778. The molecule has 1 amide bonds. The zero-order chi connectivity index (χ0) is 13.4. The van der Waals surface area contributed by atoms with E-state index in [4.69, 9.17) is 10.5 Å². The molecule has 2 N–H and O–H groups in total. The van der Waals surface area contributed by atoms with Crippen LogP contribution in [-0.2, 0) is 9.53 Å². The SMILES string of the molecule is COC1CCN(C(=O)C2CC3C=CC2C3)C(CN)C1. The Morgan fingerprint density at radius 3 is 2.79 bits per heavy atom. The summed E-state index contributed by atoms with van der Waals surface area (Å²) in [6, 6.07) is 0.161. The Hall–Kier alpha value is -0.870. The molecule has 0 aromatic rings. The second-order valence-corrected chi connectivity index (χ2v) is 6.19. The number of carbonyl (C=O) groups excluding carboxylic acids is 1. The average molecular weight is 264 g/mol. The zero-order valence-corrected chi connectivity index (χ0v) is 11.6. The molecule has 106 valence electrons. The minimum Gasteiger partial charge on any atom is -0.381 e. The van der Waals surface area contributed by atoms with E-state index in [0.29, 0.717) is 24.3 Å². The largest absolute Gasteiger partial charge is 0.381 e. The molecule has 4 heteroatoms. The van der Waals surface area contributed by atoms with Crippen molar-refractivity contribution in [2.75, 3.05) is 20.2 Å². The zero-order valence-electron chi connectivity index (χ0n) is 11.6. The fraction of sp³-hybridized carbons (Fsp3) is 0.800. The van der Waals surface area contributed by atoms with Crippen LogP contribution in [0.1, 0.15) is 25.7 Å². The van der Waals surface area contributed by atoms with Crippen LogP contribution in [0.3, 0.4) is 0 Å². The van der Waals surface area contributed by atoms with Crippen molar-refractivity contribution in [3.05, 3.63) is 12.2 Å². The summed E-state index contributed by atoms with van der Waals surface area (Å²) in [4.78, 5) is 14.8. The molecule has 1 saturated heterocycles. The highest BCUT2D eigenvalue weighted by Gasteiger charge is 2.43. The number of methoxy groups -OCH3 is 1. The lowest BCUT2D eigenvalue weighted by molar-refractivity contribution is -0.142.